The van der Waals surface area contributed by atoms with Crippen LogP contribution in [0.5, 0.6) is 5.75 Å². The number of rotatable bonds is 3. The molecule has 0 radical (unpaired) electrons. The molecule has 84 valence electrons. The standard InChI is InChI=1S/C13H21NO/c1-10(14(4)5)13(2,3)11-6-8-12(15)9-7-11/h6-10,15H,1-5H3. The van der Waals surface area contributed by atoms with Gasteiger partial charge in [-0.05, 0) is 38.7 Å². The average molecular weight is 207 g/mol. The van der Waals surface area contributed by atoms with Crippen molar-refractivity contribution in [3.8, 4) is 5.75 Å². The second-order valence-corrected chi connectivity index (χ2v) is 4.91. The molecular formula is C13H21NO. The maximum Gasteiger partial charge on any atom is 0.115 e. The Hall–Kier alpha value is -1.02. The highest BCUT2D eigenvalue weighted by molar-refractivity contribution is 5.31. The molecule has 0 heterocycles. The molecule has 0 aliphatic heterocycles. The summed E-state index contributed by atoms with van der Waals surface area (Å²) in [6.07, 6.45) is 0. The zero-order valence-corrected chi connectivity index (χ0v) is 10.3. The minimum Gasteiger partial charge on any atom is -0.508 e. The fourth-order valence-electron chi connectivity index (χ4n) is 1.78. The summed E-state index contributed by atoms with van der Waals surface area (Å²) in [4.78, 5) is 2.22. The molecule has 0 spiro atoms. The zero-order chi connectivity index (χ0) is 11.6. The molecule has 0 bridgehead atoms. The number of phenols is 1. The lowest BCUT2D eigenvalue weighted by atomic mass is 9.78. The predicted octanol–water partition coefficient (Wildman–Crippen LogP) is 2.62. The second kappa shape index (κ2) is 4.23. The van der Waals surface area contributed by atoms with Crippen molar-refractivity contribution >= 4 is 0 Å². The highest BCUT2D eigenvalue weighted by atomic mass is 16.3. The van der Waals surface area contributed by atoms with Crippen molar-refractivity contribution in [1.29, 1.82) is 0 Å². The molecular weight excluding hydrogens is 186 g/mol. The van der Waals surface area contributed by atoms with Crippen LogP contribution in [0.25, 0.3) is 0 Å². The molecule has 2 nitrogen and oxygen atoms in total. The van der Waals surface area contributed by atoms with Gasteiger partial charge < -0.3 is 10.0 Å². The molecule has 0 saturated heterocycles. The van der Waals surface area contributed by atoms with Gasteiger partial charge in [0.2, 0.25) is 0 Å². The maximum atomic E-state index is 9.26. The first kappa shape index (κ1) is 12.1. The number of hydrogen-bond donors (Lipinski definition) is 1. The van der Waals surface area contributed by atoms with E-state index in [1.807, 2.05) is 12.1 Å². The largest absolute Gasteiger partial charge is 0.508 e. The lowest BCUT2D eigenvalue weighted by Gasteiger charge is -2.36. The molecule has 1 atom stereocenters. The molecule has 2 heteroatoms. The van der Waals surface area contributed by atoms with Crippen LogP contribution in [0.4, 0.5) is 0 Å². The Morgan fingerprint density at radius 1 is 1.13 bits per heavy atom. The van der Waals surface area contributed by atoms with E-state index in [-0.39, 0.29) is 5.41 Å². The predicted molar refractivity (Wildman–Crippen MR) is 64.3 cm³/mol. The van der Waals surface area contributed by atoms with Crippen molar-refractivity contribution in [3.05, 3.63) is 29.8 Å². The summed E-state index contributed by atoms with van der Waals surface area (Å²) < 4.78 is 0. The number of nitrogens with zero attached hydrogens (tertiary/aromatic N) is 1. The number of likely N-dealkylation sites (N-methyl/N-ethyl adjacent to an activating group) is 1. The molecule has 0 fully saturated rings. The van der Waals surface area contributed by atoms with Crippen molar-refractivity contribution in [3.63, 3.8) is 0 Å². The number of benzene rings is 1. The first-order valence-corrected chi connectivity index (χ1v) is 5.31. The Kier molecular flexibility index (Phi) is 3.40. The molecule has 1 aromatic rings. The summed E-state index contributed by atoms with van der Waals surface area (Å²) in [5, 5.41) is 9.26. The minimum absolute atomic E-state index is 0.0806. The van der Waals surface area contributed by atoms with Gasteiger partial charge in [-0.1, -0.05) is 26.0 Å². The number of aromatic hydroxyl groups is 1. The number of hydrogen-bond acceptors (Lipinski definition) is 2. The highest BCUT2D eigenvalue weighted by Crippen LogP contribution is 2.30. The molecule has 1 unspecified atom stereocenters. The topological polar surface area (TPSA) is 23.5 Å². The first-order chi connectivity index (χ1) is 6.85. The van der Waals surface area contributed by atoms with Crippen LogP contribution in [-0.4, -0.2) is 30.1 Å². The molecule has 0 amide bonds. The Labute approximate surface area is 92.5 Å². The van der Waals surface area contributed by atoms with Crippen molar-refractivity contribution in [1.82, 2.24) is 4.90 Å². The molecule has 0 aliphatic rings. The first-order valence-electron chi connectivity index (χ1n) is 5.31. The summed E-state index contributed by atoms with van der Waals surface area (Å²) in [6.45, 7) is 6.67. The molecule has 0 aromatic heterocycles. The number of phenolic OH excluding ortho intramolecular Hbond substituents is 1. The minimum atomic E-state index is 0.0806. The lowest BCUT2D eigenvalue weighted by Crippen LogP contribution is -2.41. The van der Waals surface area contributed by atoms with Crippen LogP contribution in [0.3, 0.4) is 0 Å². The van der Waals surface area contributed by atoms with Crippen molar-refractivity contribution in [2.24, 2.45) is 0 Å². The summed E-state index contributed by atoms with van der Waals surface area (Å²) in [5.41, 5.74) is 1.33. The molecule has 0 aliphatic carbocycles. The van der Waals surface area contributed by atoms with Crippen LogP contribution in [-0.2, 0) is 5.41 Å². The van der Waals surface area contributed by atoms with E-state index in [9.17, 15) is 5.11 Å². The Bertz CT molecular complexity index is 314. The third kappa shape index (κ3) is 2.51. The summed E-state index contributed by atoms with van der Waals surface area (Å²) in [6, 6.07) is 7.94. The second-order valence-electron chi connectivity index (χ2n) is 4.91. The van der Waals surface area contributed by atoms with Gasteiger partial charge in [0.1, 0.15) is 5.75 Å². The molecule has 1 N–H and O–H groups in total. The van der Waals surface area contributed by atoms with Crippen LogP contribution >= 0.6 is 0 Å². The lowest BCUT2D eigenvalue weighted by molar-refractivity contribution is 0.216. The van der Waals surface area contributed by atoms with E-state index in [4.69, 9.17) is 0 Å². The third-order valence-corrected chi connectivity index (χ3v) is 3.43. The van der Waals surface area contributed by atoms with E-state index in [0.717, 1.165) is 0 Å². The SMILES string of the molecule is CC(N(C)C)C(C)(C)c1ccc(O)cc1. The Morgan fingerprint density at radius 3 is 2.00 bits per heavy atom. The fraction of sp³-hybridized carbons (Fsp3) is 0.538. The van der Waals surface area contributed by atoms with Crippen LogP contribution in [0.1, 0.15) is 26.3 Å². The Balaban J connectivity index is 2.99. The quantitative estimate of drug-likeness (QED) is 0.823. The van der Waals surface area contributed by atoms with Crippen molar-refractivity contribution in [2.75, 3.05) is 14.1 Å². The smallest absolute Gasteiger partial charge is 0.115 e. The van der Waals surface area contributed by atoms with E-state index in [1.165, 1.54) is 5.56 Å². The van der Waals surface area contributed by atoms with E-state index in [1.54, 1.807) is 12.1 Å². The van der Waals surface area contributed by atoms with Gasteiger partial charge in [0.15, 0.2) is 0 Å². The van der Waals surface area contributed by atoms with Gasteiger partial charge in [-0.15, -0.1) is 0 Å². The third-order valence-electron chi connectivity index (χ3n) is 3.43. The van der Waals surface area contributed by atoms with Crippen LogP contribution in [0.15, 0.2) is 24.3 Å². The molecule has 15 heavy (non-hydrogen) atoms. The van der Waals surface area contributed by atoms with Gasteiger partial charge in [0.25, 0.3) is 0 Å². The van der Waals surface area contributed by atoms with Crippen molar-refractivity contribution < 1.29 is 5.11 Å². The summed E-state index contributed by atoms with van der Waals surface area (Å²) >= 11 is 0. The van der Waals surface area contributed by atoms with Gasteiger partial charge >= 0.3 is 0 Å². The highest BCUT2D eigenvalue weighted by Gasteiger charge is 2.29. The fourth-order valence-corrected chi connectivity index (χ4v) is 1.78. The van der Waals surface area contributed by atoms with Gasteiger partial charge in [0, 0.05) is 11.5 Å². The molecule has 0 saturated carbocycles. The normalized spacial score (nSPS) is 14.3. The van der Waals surface area contributed by atoms with Gasteiger partial charge in [-0.3, -0.25) is 0 Å². The van der Waals surface area contributed by atoms with Crippen LogP contribution in [0, 0.1) is 0 Å². The van der Waals surface area contributed by atoms with E-state index in [2.05, 4.69) is 39.8 Å². The van der Waals surface area contributed by atoms with Crippen LogP contribution < -0.4 is 0 Å². The maximum absolute atomic E-state index is 9.26. The van der Waals surface area contributed by atoms with Gasteiger partial charge in [-0.25, -0.2) is 0 Å². The summed E-state index contributed by atoms with van der Waals surface area (Å²) in [5.74, 6) is 0.326. The zero-order valence-electron chi connectivity index (χ0n) is 10.3. The van der Waals surface area contributed by atoms with E-state index < -0.39 is 0 Å². The Morgan fingerprint density at radius 2 is 1.60 bits per heavy atom. The van der Waals surface area contributed by atoms with Crippen LogP contribution in [0.2, 0.25) is 0 Å². The van der Waals surface area contributed by atoms with Gasteiger partial charge in [0.05, 0.1) is 0 Å². The monoisotopic (exact) mass is 207 g/mol. The van der Waals surface area contributed by atoms with E-state index in [0.29, 0.717) is 11.8 Å². The molecule has 1 rings (SSSR count). The van der Waals surface area contributed by atoms with E-state index >= 15 is 0 Å². The summed E-state index contributed by atoms with van der Waals surface area (Å²) in [7, 11) is 4.18. The van der Waals surface area contributed by atoms with Gasteiger partial charge in [-0.2, -0.15) is 0 Å². The molecule has 1 aromatic carbocycles. The van der Waals surface area contributed by atoms with Crippen molar-refractivity contribution in [2.45, 2.75) is 32.2 Å². The average Bonchev–Trinajstić information content (AvgIpc) is 2.17.